The molecule has 1 aromatic carbocycles. The Morgan fingerprint density at radius 1 is 1.33 bits per heavy atom. The Kier molecular flexibility index (Phi) is 3.18. The van der Waals surface area contributed by atoms with Gasteiger partial charge in [-0.05, 0) is 40.2 Å². The molecule has 0 radical (unpaired) electrons. The molecule has 0 aliphatic carbocycles. The fourth-order valence-corrected chi connectivity index (χ4v) is 1.78. The molecule has 3 nitrogen and oxygen atoms in total. The van der Waals surface area contributed by atoms with Crippen molar-refractivity contribution in [3.05, 3.63) is 34.9 Å². The van der Waals surface area contributed by atoms with Crippen LogP contribution in [0.2, 0.25) is 0 Å². The molecule has 0 bridgehead atoms. The van der Waals surface area contributed by atoms with E-state index in [4.69, 9.17) is 5.73 Å². The predicted molar refractivity (Wildman–Crippen MR) is 67.0 cm³/mol. The maximum Gasteiger partial charge on any atom is 0.0704 e. The molecule has 0 saturated carbocycles. The van der Waals surface area contributed by atoms with Crippen LogP contribution < -0.4 is 11.1 Å². The molecule has 0 aliphatic rings. The van der Waals surface area contributed by atoms with Crippen molar-refractivity contribution in [2.45, 2.75) is 0 Å². The highest BCUT2D eigenvalue weighted by molar-refractivity contribution is 9.10. The van der Waals surface area contributed by atoms with Gasteiger partial charge in [0.05, 0.1) is 5.52 Å². The number of nitrogens with two attached hydrogens (primary N) is 1. The molecule has 2 rings (SSSR count). The zero-order chi connectivity index (χ0) is 10.7. The van der Waals surface area contributed by atoms with E-state index in [0.717, 1.165) is 27.6 Å². The first-order valence-corrected chi connectivity index (χ1v) is 5.58. The number of nitrogens with zero attached hydrogens (tertiary/aromatic N) is 1. The third kappa shape index (κ3) is 2.46. The van der Waals surface area contributed by atoms with Crippen LogP contribution in [0.25, 0.3) is 10.9 Å². The van der Waals surface area contributed by atoms with Gasteiger partial charge in [-0.15, -0.1) is 0 Å². The number of benzene rings is 1. The highest BCUT2D eigenvalue weighted by Gasteiger charge is 1.97. The van der Waals surface area contributed by atoms with Crippen molar-refractivity contribution in [2.24, 2.45) is 5.73 Å². The first-order valence-electron chi connectivity index (χ1n) is 4.79. The monoisotopic (exact) mass is 265 g/mol. The summed E-state index contributed by atoms with van der Waals surface area (Å²) >= 11 is 3.41. The maximum atomic E-state index is 5.43. The van der Waals surface area contributed by atoms with Crippen molar-refractivity contribution in [3.8, 4) is 0 Å². The first-order chi connectivity index (χ1) is 7.29. The lowest BCUT2D eigenvalue weighted by Crippen LogP contribution is -2.12. The summed E-state index contributed by atoms with van der Waals surface area (Å²) < 4.78 is 0.992. The molecule has 78 valence electrons. The molecule has 0 saturated heterocycles. The zero-order valence-electron chi connectivity index (χ0n) is 8.20. The van der Waals surface area contributed by atoms with E-state index in [0.29, 0.717) is 6.54 Å². The van der Waals surface area contributed by atoms with Crippen LogP contribution in [0.4, 0.5) is 5.69 Å². The summed E-state index contributed by atoms with van der Waals surface area (Å²) in [5.74, 6) is 0. The quantitative estimate of drug-likeness (QED) is 0.896. The lowest BCUT2D eigenvalue weighted by molar-refractivity contribution is 1.02. The molecule has 0 aliphatic heterocycles. The van der Waals surface area contributed by atoms with Crippen LogP contribution in [0.3, 0.4) is 0 Å². The highest BCUT2D eigenvalue weighted by Crippen LogP contribution is 2.20. The number of nitrogens with one attached hydrogen (secondary N) is 1. The number of aromatic nitrogens is 1. The molecule has 0 atom stereocenters. The minimum Gasteiger partial charge on any atom is -0.384 e. The highest BCUT2D eigenvalue weighted by atomic mass is 79.9. The van der Waals surface area contributed by atoms with Gasteiger partial charge in [-0.2, -0.15) is 0 Å². The second-order valence-electron chi connectivity index (χ2n) is 3.28. The van der Waals surface area contributed by atoms with Crippen molar-refractivity contribution in [1.82, 2.24) is 4.98 Å². The summed E-state index contributed by atoms with van der Waals surface area (Å²) in [6.07, 6.45) is 1.80. The van der Waals surface area contributed by atoms with Gasteiger partial charge in [-0.3, -0.25) is 4.98 Å². The molecule has 0 fully saturated rings. The molecule has 0 unspecified atom stereocenters. The van der Waals surface area contributed by atoms with Crippen molar-refractivity contribution in [3.63, 3.8) is 0 Å². The fourth-order valence-electron chi connectivity index (χ4n) is 1.43. The average molecular weight is 266 g/mol. The molecular formula is C11H12BrN3. The molecular weight excluding hydrogens is 254 g/mol. The van der Waals surface area contributed by atoms with Gasteiger partial charge in [-0.1, -0.05) is 0 Å². The summed E-state index contributed by atoms with van der Waals surface area (Å²) in [7, 11) is 0. The van der Waals surface area contributed by atoms with Crippen molar-refractivity contribution in [2.75, 3.05) is 18.4 Å². The van der Waals surface area contributed by atoms with Gasteiger partial charge in [0.1, 0.15) is 0 Å². The summed E-state index contributed by atoms with van der Waals surface area (Å²) in [4.78, 5) is 4.30. The molecule has 2 aromatic rings. The Bertz CT molecular complexity index is 470. The van der Waals surface area contributed by atoms with Gasteiger partial charge < -0.3 is 11.1 Å². The molecule has 3 N–H and O–H groups in total. The molecule has 15 heavy (non-hydrogen) atoms. The Balaban J connectivity index is 2.36. The third-order valence-corrected chi connectivity index (χ3v) is 2.56. The van der Waals surface area contributed by atoms with Gasteiger partial charge in [0.2, 0.25) is 0 Å². The van der Waals surface area contributed by atoms with Gasteiger partial charge in [0, 0.05) is 34.8 Å². The number of anilines is 1. The van der Waals surface area contributed by atoms with E-state index >= 15 is 0 Å². The second-order valence-corrected chi connectivity index (χ2v) is 4.19. The van der Waals surface area contributed by atoms with E-state index in [-0.39, 0.29) is 0 Å². The number of rotatable bonds is 3. The molecule has 4 heteroatoms. The van der Waals surface area contributed by atoms with Crippen LogP contribution in [-0.4, -0.2) is 18.1 Å². The smallest absolute Gasteiger partial charge is 0.0704 e. The molecule has 1 heterocycles. The Labute approximate surface area is 96.8 Å². The van der Waals surface area contributed by atoms with Gasteiger partial charge in [0.25, 0.3) is 0 Å². The van der Waals surface area contributed by atoms with Crippen LogP contribution in [0.1, 0.15) is 0 Å². The summed E-state index contributed by atoms with van der Waals surface area (Å²) in [6, 6.07) is 8.14. The third-order valence-electron chi connectivity index (χ3n) is 2.12. The van der Waals surface area contributed by atoms with Crippen LogP contribution in [0.15, 0.2) is 34.9 Å². The van der Waals surface area contributed by atoms with Crippen LogP contribution in [-0.2, 0) is 0 Å². The Hall–Kier alpha value is -1.13. The normalized spacial score (nSPS) is 10.5. The minimum absolute atomic E-state index is 0.634. The van der Waals surface area contributed by atoms with E-state index in [9.17, 15) is 0 Å². The topological polar surface area (TPSA) is 50.9 Å². The SMILES string of the molecule is NCCNc1ccc2ncc(Br)cc2c1. The van der Waals surface area contributed by atoms with E-state index in [2.05, 4.69) is 38.4 Å². The van der Waals surface area contributed by atoms with E-state index in [1.54, 1.807) is 6.20 Å². The second kappa shape index (κ2) is 4.59. The zero-order valence-corrected chi connectivity index (χ0v) is 9.79. The fraction of sp³-hybridized carbons (Fsp3) is 0.182. The standard InChI is InChI=1S/C11H12BrN3/c12-9-5-8-6-10(14-4-3-13)1-2-11(8)15-7-9/h1-2,5-7,14H,3-4,13H2. The number of halogens is 1. The van der Waals surface area contributed by atoms with Crippen LogP contribution in [0, 0.1) is 0 Å². The number of pyridine rings is 1. The van der Waals surface area contributed by atoms with E-state index in [1.807, 2.05) is 12.1 Å². The molecule has 0 spiro atoms. The lowest BCUT2D eigenvalue weighted by Gasteiger charge is -2.05. The maximum absolute atomic E-state index is 5.43. The summed E-state index contributed by atoms with van der Waals surface area (Å²) in [5, 5.41) is 4.35. The van der Waals surface area contributed by atoms with Gasteiger partial charge >= 0.3 is 0 Å². The van der Waals surface area contributed by atoms with Crippen LogP contribution >= 0.6 is 15.9 Å². The van der Waals surface area contributed by atoms with E-state index in [1.165, 1.54) is 0 Å². The van der Waals surface area contributed by atoms with Gasteiger partial charge in [0.15, 0.2) is 0 Å². The summed E-state index contributed by atoms with van der Waals surface area (Å²) in [6.45, 7) is 1.42. The van der Waals surface area contributed by atoms with Crippen LogP contribution in [0.5, 0.6) is 0 Å². The largest absolute Gasteiger partial charge is 0.384 e. The summed E-state index contributed by atoms with van der Waals surface area (Å²) in [5.41, 5.74) is 7.50. The Morgan fingerprint density at radius 3 is 3.00 bits per heavy atom. The minimum atomic E-state index is 0.634. The molecule has 1 aromatic heterocycles. The van der Waals surface area contributed by atoms with Crippen molar-refractivity contribution in [1.29, 1.82) is 0 Å². The Morgan fingerprint density at radius 2 is 2.20 bits per heavy atom. The number of hydrogen-bond acceptors (Lipinski definition) is 3. The number of hydrogen-bond donors (Lipinski definition) is 2. The van der Waals surface area contributed by atoms with Crippen molar-refractivity contribution >= 4 is 32.5 Å². The average Bonchev–Trinajstić information content (AvgIpc) is 2.25. The predicted octanol–water partition coefficient (Wildman–Crippen LogP) is 2.37. The lowest BCUT2D eigenvalue weighted by atomic mass is 10.2. The van der Waals surface area contributed by atoms with Crippen molar-refractivity contribution < 1.29 is 0 Å². The number of fused-ring (bicyclic) bond motifs is 1. The van der Waals surface area contributed by atoms with Gasteiger partial charge in [-0.25, -0.2) is 0 Å². The first kappa shape index (κ1) is 10.4. The van der Waals surface area contributed by atoms with E-state index < -0.39 is 0 Å². The molecule has 0 amide bonds.